The number of oxime groups is 1. The Kier molecular flexibility index (Phi) is 4.16. The molecule has 110 valence electrons. The molecule has 0 bridgehead atoms. The molecule has 1 saturated carbocycles. The van der Waals surface area contributed by atoms with Crippen LogP contribution >= 0.6 is 0 Å². The summed E-state index contributed by atoms with van der Waals surface area (Å²) in [6.07, 6.45) is 6.74. The van der Waals surface area contributed by atoms with Crippen LogP contribution in [0.3, 0.4) is 0 Å². The van der Waals surface area contributed by atoms with E-state index >= 15 is 0 Å². The van der Waals surface area contributed by atoms with E-state index < -0.39 is 0 Å². The first-order chi connectivity index (χ1) is 9.43. The Bertz CT molecular complexity index is 471. The Hall–Kier alpha value is -1.78. The highest BCUT2D eigenvalue weighted by atomic mass is 16.4. The van der Waals surface area contributed by atoms with Crippen LogP contribution < -0.4 is 10.6 Å². The number of hydrogen-bond donors (Lipinski definition) is 2. The van der Waals surface area contributed by atoms with E-state index in [-0.39, 0.29) is 5.84 Å². The lowest BCUT2D eigenvalue weighted by Gasteiger charge is -2.39. The fraction of sp³-hybridized carbons (Fsp3) is 0.600. The van der Waals surface area contributed by atoms with Gasteiger partial charge in [0.05, 0.1) is 11.9 Å². The molecule has 0 atom stereocenters. The molecule has 1 aromatic rings. The smallest absolute Gasteiger partial charge is 0.188 e. The topological polar surface area (TPSA) is 74.7 Å². The highest BCUT2D eigenvalue weighted by Crippen LogP contribution is 2.37. The van der Waals surface area contributed by atoms with E-state index in [1.807, 2.05) is 6.07 Å². The molecule has 20 heavy (non-hydrogen) atoms. The van der Waals surface area contributed by atoms with Crippen LogP contribution in [-0.2, 0) is 0 Å². The van der Waals surface area contributed by atoms with Crippen molar-refractivity contribution in [2.24, 2.45) is 16.3 Å². The number of amidine groups is 1. The Morgan fingerprint density at radius 1 is 1.40 bits per heavy atom. The Morgan fingerprint density at radius 3 is 2.55 bits per heavy atom. The Morgan fingerprint density at radius 2 is 2.05 bits per heavy atom. The van der Waals surface area contributed by atoms with Gasteiger partial charge in [-0.05, 0) is 43.2 Å². The molecule has 5 nitrogen and oxygen atoms in total. The lowest BCUT2D eigenvalue weighted by molar-refractivity contribution is 0.222. The second-order valence-corrected chi connectivity index (χ2v) is 6.39. The third kappa shape index (κ3) is 3.21. The van der Waals surface area contributed by atoms with E-state index in [9.17, 15) is 0 Å². The first kappa shape index (κ1) is 14.6. The van der Waals surface area contributed by atoms with E-state index in [1.54, 1.807) is 12.3 Å². The van der Waals surface area contributed by atoms with Gasteiger partial charge in [-0.2, -0.15) is 0 Å². The summed E-state index contributed by atoms with van der Waals surface area (Å²) in [5.74, 6) is 0.0404. The summed E-state index contributed by atoms with van der Waals surface area (Å²) in [6, 6.07) is 4.33. The normalized spacial score (nSPS) is 19.9. The van der Waals surface area contributed by atoms with Crippen molar-refractivity contribution in [1.82, 2.24) is 4.98 Å². The Labute approximate surface area is 120 Å². The number of nitrogens with zero attached hydrogens (tertiary/aromatic N) is 3. The van der Waals surface area contributed by atoms with Gasteiger partial charge in [0, 0.05) is 13.1 Å². The molecule has 1 fully saturated rings. The van der Waals surface area contributed by atoms with E-state index in [0.29, 0.717) is 17.2 Å². The standard InChI is InChI=1S/C15H24N4O/c1-15(2)8-6-11(7-9-15)19(3)12-4-5-13(17-10-12)14(16)18-20/h4-5,10-11,20H,6-9H2,1-3H3,(H2,16,18). The molecule has 0 amide bonds. The van der Waals surface area contributed by atoms with Gasteiger partial charge in [0.25, 0.3) is 0 Å². The number of rotatable bonds is 3. The monoisotopic (exact) mass is 276 g/mol. The minimum atomic E-state index is 0.0404. The molecule has 1 aliphatic rings. The van der Waals surface area contributed by atoms with E-state index in [1.165, 1.54) is 25.7 Å². The van der Waals surface area contributed by atoms with E-state index in [2.05, 4.69) is 35.9 Å². The van der Waals surface area contributed by atoms with Gasteiger partial charge in [-0.3, -0.25) is 4.98 Å². The Balaban J connectivity index is 2.04. The fourth-order valence-electron chi connectivity index (χ4n) is 2.78. The summed E-state index contributed by atoms with van der Waals surface area (Å²) in [4.78, 5) is 6.53. The molecule has 0 aromatic carbocycles. The zero-order chi connectivity index (χ0) is 14.8. The number of nitrogens with two attached hydrogens (primary N) is 1. The average molecular weight is 276 g/mol. The lowest BCUT2D eigenvalue weighted by Crippen LogP contribution is -2.37. The van der Waals surface area contributed by atoms with Gasteiger partial charge in [0.1, 0.15) is 5.69 Å². The van der Waals surface area contributed by atoms with E-state index in [4.69, 9.17) is 10.9 Å². The van der Waals surface area contributed by atoms with Crippen LogP contribution in [0.15, 0.2) is 23.5 Å². The first-order valence-electron chi connectivity index (χ1n) is 7.10. The van der Waals surface area contributed by atoms with Crippen molar-refractivity contribution in [1.29, 1.82) is 0 Å². The zero-order valence-electron chi connectivity index (χ0n) is 12.5. The van der Waals surface area contributed by atoms with Crippen molar-refractivity contribution in [2.75, 3.05) is 11.9 Å². The van der Waals surface area contributed by atoms with Gasteiger partial charge in [-0.15, -0.1) is 0 Å². The summed E-state index contributed by atoms with van der Waals surface area (Å²) < 4.78 is 0. The molecule has 0 unspecified atom stereocenters. The predicted molar refractivity (Wildman–Crippen MR) is 81.2 cm³/mol. The third-order valence-electron chi connectivity index (χ3n) is 4.38. The highest BCUT2D eigenvalue weighted by Gasteiger charge is 2.28. The van der Waals surface area contributed by atoms with Crippen LogP contribution in [0.5, 0.6) is 0 Å². The first-order valence-corrected chi connectivity index (χ1v) is 7.10. The lowest BCUT2D eigenvalue weighted by atomic mass is 9.75. The molecule has 5 heteroatoms. The van der Waals surface area contributed by atoms with Crippen molar-refractivity contribution >= 4 is 11.5 Å². The molecule has 0 spiro atoms. The molecular weight excluding hydrogens is 252 g/mol. The second kappa shape index (κ2) is 5.69. The third-order valence-corrected chi connectivity index (χ3v) is 4.38. The summed E-state index contributed by atoms with van der Waals surface area (Å²) in [7, 11) is 2.11. The minimum Gasteiger partial charge on any atom is -0.409 e. The predicted octanol–water partition coefficient (Wildman–Crippen LogP) is 2.58. The molecule has 1 heterocycles. The molecule has 2 rings (SSSR count). The highest BCUT2D eigenvalue weighted by molar-refractivity contribution is 5.95. The maximum absolute atomic E-state index is 8.63. The molecule has 3 N–H and O–H groups in total. The van der Waals surface area contributed by atoms with Crippen LogP contribution in [0, 0.1) is 5.41 Å². The van der Waals surface area contributed by atoms with Crippen molar-refractivity contribution in [3.05, 3.63) is 24.0 Å². The number of pyridine rings is 1. The molecule has 1 aromatic heterocycles. The summed E-state index contributed by atoms with van der Waals surface area (Å²) >= 11 is 0. The van der Waals surface area contributed by atoms with Gasteiger partial charge < -0.3 is 15.8 Å². The maximum Gasteiger partial charge on any atom is 0.188 e. The van der Waals surface area contributed by atoms with Crippen molar-refractivity contribution < 1.29 is 5.21 Å². The van der Waals surface area contributed by atoms with Gasteiger partial charge in [-0.1, -0.05) is 19.0 Å². The largest absolute Gasteiger partial charge is 0.409 e. The average Bonchev–Trinajstić information content (AvgIpc) is 2.46. The summed E-state index contributed by atoms with van der Waals surface area (Å²) in [5, 5.41) is 11.6. The van der Waals surface area contributed by atoms with Gasteiger partial charge in [0.15, 0.2) is 5.84 Å². The van der Waals surface area contributed by atoms with Crippen LogP contribution in [-0.4, -0.2) is 29.1 Å². The van der Waals surface area contributed by atoms with Crippen molar-refractivity contribution in [2.45, 2.75) is 45.6 Å². The molecule has 1 aliphatic carbocycles. The molecular formula is C15H24N4O. The van der Waals surface area contributed by atoms with Crippen LogP contribution in [0.1, 0.15) is 45.2 Å². The van der Waals surface area contributed by atoms with Gasteiger partial charge in [0.2, 0.25) is 0 Å². The summed E-state index contributed by atoms with van der Waals surface area (Å²) in [6.45, 7) is 4.69. The molecule has 0 saturated heterocycles. The van der Waals surface area contributed by atoms with Gasteiger partial charge >= 0.3 is 0 Å². The van der Waals surface area contributed by atoms with Gasteiger partial charge in [-0.25, -0.2) is 0 Å². The number of anilines is 1. The SMILES string of the molecule is CN(c1ccc(/C(N)=N/O)nc1)C1CCC(C)(C)CC1. The maximum atomic E-state index is 8.63. The van der Waals surface area contributed by atoms with Crippen LogP contribution in [0.25, 0.3) is 0 Å². The summed E-state index contributed by atoms with van der Waals surface area (Å²) in [5.41, 5.74) is 7.56. The molecule has 0 aliphatic heterocycles. The zero-order valence-corrected chi connectivity index (χ0v) is 12.5. The number of aromatic nitrogens is 1. The van der Waals surface area contributed by atoms with Crippen molar-refractivity contribution in [3.63, 3.8) is 0 Å². The van der Waals surface area contributed by atoms with Crippen LogP contribution in [0.4, 0.5) is 5.69 Å². The van der Waals surface area contributed by atoms with Crippen LogP contribution in [0.2, 0.25) is 0 Å². The minimum absolute atomic E-state index is 0.0404. The molecule has 0 radical (unpaired) electrons. The van der Waals surface area contributed by atoms with E-state index in [0.717, 1.165) is 5.69 Å². The van der Waals surface area contributed by atoms with Crippen molar-refractivity contribution in [3.8, 4) is 0 Å². The second-order valence-electron chi connectivity index (χ2n) is 6.39. The number of hydrogen-bond acceptors (Lipinski definition) is 4. The fourth-order valence-corrected chi connectivity index (χ4v) is 2.78. The quantitative estimate of drug-likeness (QED) is 0.385.